The Morgan fingerprint density at radius 2 is 1.85 bits per heavy atom. The lowest BCUT2D eigenvalue weighted by molar-refractivity contribution is -0.384. The molecule has 0 aliphatic carbocycles. The molecule has 0 fully saturated rings. The summed E-state index contributed by atoms with van der Waals surface area (Å²) in [5.74, 6) is -0.591. The number of hydroxylamine groups is 1. The predicted octanol–water partition coefficient (Wildman–Crippen LogP) is 2.46. The normalized spacial score (nSPS) is 12.2. The zero-order valence-corrected chi connectivity index (χ0v) is 10.3. The minimum absolute atomic E-state index is 0.0476. The van der Waals surface area contributed by atoms with Crippen molar-refractivity contribution in [1.82, 2.24) is 5.48 Å². The van der Waals surface area contributed by atoms with Crippen molar-refractivity contribution in [3.63, 3.8) is 0 Å². The number of non-ortho nitro benzene ring substituents is 1. The Morgan fingerprint density at radius 1 is 1.20 bits per heavy atom. The largest absolute Gasteiger partial charge is 0.274 e. The molecular formula is C14H12N2O4. The highest BCUT2D eigenvalue weighted by atomic mass is 16.7. The number of benzene rings is 2. The maximum atomic E-state index is 11.8. The fourth-order valence-corrected chi connectivity index (χ4v) is 1.43. The first-order chi connectivity index (χ1) is 10.4. The van der Waals surface area contributed by atoms with Crippen molar-refractivity contribution in [2.45, 2.75) is 6.56 Å². The summed E-state index contributed by atoms with van der Waals surface area (Å²) in [4.78, 5) is 26.5. The van der Waals surface area contributed by atoms with E-state index in [-0.39, 0.29) is 11.3 Å². The molecule has 0 saturated heterocycles. The minimum atomic E-state index is -2.32. The Morgan fingerprint density at radius 3 is 2.45 bits per heavy atom. The van der Waals surface area contributed by atoms with E-state index in [2.05, 4.69) is 0 Å². The van der Waals surface area contributed by atoms with E-state index >= 15 is 0 Å². The second-order valence-electron chi connectivity index (χ2n) is 3.81. The summed E-state index contributed by atoms with van der Waals surface area (Å²) in [7, 11) is 0. The average molecular weight is 274 g/mol. The number of nitrogens with one attached hydrogen (secondary N) is 1. The predicted molar refractivity (Wildman–Crippen MR) is 71.8 cm³/mol. The van der Waals surface area contributed by atoms with Crippen LogP contribution in [0.2, 0.25) is 0 Å². The van der Waals surface area contributed by atoms with Gasteiger partial charge in [-0.15, -0.1) is 0 Å². The van der Waals surface area contributed by atoms with Gasteiger partial charge in [0.25, 0.3) is 11.6 Å². The Hall–Kier alpha value is -2.73. The number of hydrogen-bond acceptors (Lipinski definition) is 4. The second kappa shape index (κ2) is 6.44. The van der Waals surface area contributed by atoms with E-state index in [1.165, 1.54) is 12.1 Å². The van der Waals surface area contributed by atoms with Crippen LogP contribution in [0.5, 0.6) is 0 Å². The molecule has 102 valence electrons. The zero-order valence-electron chi connectivity index (χ0n) is 12.3. The number of nitro groups is 1. The van der Waals surface area contributed by atoms with Gasteiger partial charge in [-0.25, -0.2) is 5.48 Å². The van der Waals surface area contributed by atoms with Crippen LogP contribution in [0.3, 0.4) is 0 Å². The van der Waals surface area contributed by atoms with E-state index in [0.717, 1.165) is 12.1 Å². The van der Waals surface area contributed by atoms with Crippen LogP contribution in [0.4, 0.5) is 5.69 Å². The highest BCUT2D eigenvalue weighted by Gasteiger charge is 2.06. The number of nitro benzene ring substituents is 1. The van der Waals surface area contributed by atoms with Crippen LogP contribution in [0.1, 0.15) is 18.7 Å². The minimum Gasteiger partial charge on any atom is -0.269 e. The first-order valence-corrected chi connectivity index (χ1v) is 5.68. The molecule has 0 saturated carbocycles. The first-order valence-electron chi connectivity index (χ1n) is 6.68. The van der Waals surface area contributed by atoms with Gasteiger partial charge in [-0.2, -0.15) is 0 Å². The molecular weight excluding hydrogens is 260 g/mol. The van der Waals surface area contributed by atoms with Gasteiger partial charge in [-0.3, -0.25) is 19.7 Å². The SMILES string of the molecule is [2H]C([2H])(ONC(=O)c1ccccc1)c1ccc([N+](=O)[O-])cc1. The van der Waals surface area contributed by atoms with Crippen LogP contribution in [0.15, 0.2) is 54.6 Å². The summed E-state index contributed by atoms with van der Waals surface area (Å²) in [5.41, 5.74) is 2.24. The summed E-state index contributed by atoms with van der Waals surface area (Å²) in [5, 5.41) is 10.6. The highest BCUT2D eigenvalue weighted by Crippen LogP contribution is 2.12. The Kier molecular flexibility index (Phi) is 3.58. The quantitative estimate of drug-likeness (QED) is 0.670. The fourth-order valence-electron chi connectivity index (χ4n) is 1.43. The van der Waals surface area contributed by atoms with E-state index in [1.54, 1.807) is 30.3 Å². The number of carbonyl (C=O) groups is 1. The van der Waals surface area contributed by atoms with Gasteiger partial charge < -0.3 is 0 Å². The van der Waals surface area contributed by atoms with Gasteiger partial charge in [0.15, 0.2) is 0 Å². The molecule has 1 amide bonds. The van der Waals surface area contributed by atoms with Gasteiger partial charge in [0, 0.05) is 17.7 Å². The lowest BCUT2D eigenvalue weighted by atomic mass is 10.2. The molecule has 1 N–H and O–H groups in total. The van der Waals surface area contributed by atoms with Gasteiger partial charge in [0.05, 0.1) is 14.2 Å². The number of hydrogen-bond donors (Lipinski definition) is 1. The smallest absolute Gasteiger partial charge is 0.269 e. The van der Waals surface area contributed by atoms with Crippen LogP contribution < -0.4 is 5.48 Å². The van der Waals surface area contributed by atoms with Crippen LogP contribution in [0, 0.1) is 10.1 Å². The molecule has 2 rings (SSSR count). The van der Waals surface area contributed by atoms with E-state index in [1.807, 2.05) is 5.48 Å². The third-order valence-electron chi connectivity index (χ3n) is 2.43. The van der Waals surface area contributed by atoms with E-state index in [4.69, 9.17) is 7.58 Å². The lowest BCUT2D eigenvalue weighted by Gasteiger charge is -2.05. The van der Waals surface area contributed by atoms with Crippen LogP contribution in [-0.4, -0.2) is 10.8 Å². The monoisotopic (exact) mass is 274 g/mol. The van der Waals surface area contributed by atoms with Crippen molar-refractivity contribution in [2.24, 2.45) is 0 Å². The highest BCUT2D eigenvalue weighted by molar-refractivity contribution is 5.93. The molecule has 0 unspecified atom stereocenters. The number of amides is 1. The molecule has 20 heavy (non-hydrogen) atoms. The fraction of sp³-hybridized carbons (Fsp3) is 0.0714. The molecule has 0 heterocycles. The van der Waals surface area contributed by atoms with Gasteiger partial charge in [0.2, 0.25) is 0 Å². The zero-order chi connectivity index (χ0) is 16.2. The molecule has 0 aromatic heterocycles. The van der Waals surface area contributed by atoms with E-state index in [0.29, 0.717) is 5.56 Å². The standard InChI is InChI=1S/C14H12N2O4/c17-14(12-4-2-1-3-5-12)15-20-10-11-6-8-13(9-7-11)16(18)19/h1-9H,10H2,(H,15,17)/i10D2. The van der Waals surface area contributed by atoms with Crippen molar-refractivity contribution in [3.8, 4) is 0 Å². The summed E-state index contributed by atoms with van der Waals surface area (Å²) in [6, 6.07) is 13.0. The third kappa shape index (κ3) is 3.63. The maximum Gasteiger partial charge on any atom is 0.274 e. The molecule has 0 atom stereocenters. The lowest BCUT2D eigenvalue weighted by Crippen LogP contribution is -2.23. The average Bonchev–Trinajstić information content (AvgIpc) is 2.53. The molecule has 2 aromatic carbocycles. The molecule has 0 bridgehead atoms. The Labute approximate surface area is 117 Å². The van der Waals surface area contributed by atoms with Gasteiger partial charge >= 0.3 is 0 Å². The second-order valence-corrected chi connectivity index (χ2v) is 3.81. The van der Waals surface area contributed by atoms with E-state index < -0.39 is 17.4 Å². The van der Waals surface area contributed by atoms with Crippen molar-refractivity contribution in [2.75, 3.05) is 0 Å². The van der Waals surface area contributed by atoms with Crippen molar-refractivity contribution < 1.29 is 17.3 Å². The summed E-state index contributed by atoms with van der Waals surface area (Å²) < 4.78 is 15.5. The third-order valence-corrected chi connectivity index (χ3v) is 2.43. The molecule has 2 aromatic rings. The summed E-state index contributed by atoms with van der Waals surface area (Å²) in [6.45, 7) is -2.32. The van der Waals surface area contributed by atoms with E-state index in [9.17, 15) is 14.9 Å². The number of rotatable bonds is 5. The van der Waals surface area contributed by atoms with Gasteiger partial charge in [-0.05, 0) is 29.8 Å². The molecule has 6 nitrogen and oxygen atoms in total. The molecule has 0 spiro atoms. The molecule has 0 radical (unpaired) electrons. The Balaban J connectivity index is 2.04. The van der Waals surface area contributed by atoms with Crippen LogP contribution >= 0.6 is 0 Å². The molecule has 6 heteroatoms. The van der Waals surface area contributed by atoms with Crippen LogP contribution in [0.25, 0.3) is 0 Å². The Bertz CT molecular complexity index is 675. The van der Waals surface area contributed by atoms with Gasteiger partial charge in [0.1, 0.15) is 0 Å². The summed E-state index contributed by atoms with van der Waals surface area (Å²) >= 11 is 0. The molecule has 0 aliphatic heterocycles. The van der Waals surface area contributed by atoms with Crippen molar-refractivity contribution >= 4 is 11.6 Å². The van der Waals surface area contributed by atoms with Crippen LogP contribution in [-0.2, 0) is 11.4 Å². The maximum absolute atomic E-state index is 11.8. The van der Waals surface area contributed by atoms with Crippen molar-refractivity contribution in [1.29, 1.82) is 0 Å². The number of carbonyl (C=O) groups excluding carboxylic acids is 1. The topological polar surface area (TPSA) is 81.5 Å². The molecule has 0 aliphatic rings. The number of nitrogens with zero attached hydrogens (tertiary/aromatic N) is 1. The summed E-state index contributed by atoms with van der Waals surface area (Å²) in [6.07, 6.45) is 0. The van der Waals surface area contributed by atoms with Crippen molar-refractivity contribution in [3.05, 3.63) is 75.8 Å². The first kappa shape index (κ1) is 11.1. The van der Waals surface area contributed by atoms with Gasteiger partial charge in [-0.1, -0.05) is 18.2 Å².